The number of carbonyl (C=O) groups is 6. The molecule has 27 atom stereocenters. The third kappa shape index (κ3) is 11.2. The number of allylic oxidation sites excluding steroid dienone is 2. The molecule has 0 spiro atoms. The minimum atomic E-state index is -0.698. The summed E-state index contributed by atoms with van der Waals surface area (Å²) >= 11 is 0. The zero-order chi connectivity index (χ0) is 62.4. The van der Waals surface area contributed by atoms with Crippen molar-refractivity contribution in [2.24, 2.45) is 145 Å². The first-order valence-electron chi connectivity index (χ1n) is 35.5. The van der Waals surface area contributed by atoms with Crippen LogP contribution in [0.1, 0.15) is 250 Å². The van der Waals surface area contributed by atoms with Crippen LogP contribution < -0.4 is 0 Å². The molecule has 9 unspecified atom stereocenters. The van der Waals surface area contributed by atoms with E-state index in [2.05, 4.69) is 82.2 Å². The van der Waals surface area contributed by atoms with Gasteiger partial charge in [0.15, 0.2) is 5.78 Å². The minimum Gasteiger partial charge on any atom is -0.481 e. The Labute approximate surface area is 519 Å². The molecule has 3 N–H and O–H groups in total. The van der Waals surface area contributed by atoms with E-state index < -0.39 is 5.97 Å². The number of carboxylic acids is 1. The number of ketones is 3. The molecule has 484 valence electrons. The maximum absolute atomic E-state index is 13.9. The Balaban J connectivity index is 0.000000143. The Kier molecular flexibility index (Phi) is 19.1. The number of methoxy groups -OCH3 is 2. The van der Waals surface area contributed by atoms with Gasteiger partial charge in [-0.3, -0.25) is 28.8 Å². The molecule has 0 aliphatic heterocycles. The molecule has 12 rings (SSSR count). The van der Waals surface area contributed by atoms with Crippen LogP contribution in [0.15, 0.2) is 11.6 Å². The molecule has 0 aromatic heterocycles. The van der Waals surface area contributed by atoms with E-state index in [4.69, 9.17) is 14.6 Å². The zero-order valence-electron chi connectivity index (χ0n) is 55.9. The van der Waals surface area contributed by atoms with E-state index in [0.29, 0.717) is 132 Å². The highest BCUT2D eigenvalue weighted by molar-refractivity contribution is 5.99. The second-order valence-electron chi connectivity index (χ2n) is 34.0. The molecule has 0 bridgehead atoms. The third-order valence-electron chi connectivity index (χ3n) is 30.4. The lowest BCUT2D eigenvalue weighted by Gasteiger charge is -2.61. The van der Waals surface area contributed by atoms with E-state index in [1.165, 1.54) is 59.2 Å². The van der Waals surface area contributed by atoms with Gasteiger partial charge in [-0.15, -0.1) is 0 Å². The lowest BCUT2D eigenvalue weighted by atomic mass is 9.42. The number of carbonyl (C=O) groups excluding carboxylic acids is 5. The van der Waals surface area contributed by atoms with Gasteiger partial charge in [-0.2, -0.15) is 0 Å². The lowest BCUT2D eigenvalue weighted by Crippen LogP contribution is -2.57. The van der Waals surface area contributed by atoms with Crippen molar-refractivity contribution in [1.82, 2.24) is 0 Å². The van der Waals surface area contributed by atoms with Crippen molar-refractivity contribution < 1.29 is 53.6 Å². The molecule has 0 radical (unpaired) electrons. The molecule has 12 saturated carbocycles. The first-order valence-corrected chi connectivity index (χ1v) is 35.5. The standard InChI is InChI=1S/C27H42O3.2C24H38O4/c1-7-18-22-14-16(2)10-12-27(22,5)21-11-13-26(4)19(17(3)15-23(28)30-6)8-9-20(26)24(21)25(18)29;1-14(11-21(27)28-4)17-5-6-18-22-19(8-10-24(17,18)3)23(2)9-7-16(25)12-15(23)13-20(22)26;1-14(4-7-21(27)28)17-5-6-18-22-19(9-11-24(17,18)3)23(2)10-8-16(25)12-15(23)13-20(22)26/h7,16-17,19-22,24H,8-15H2,1-6H3;14-19,22,25H,5-13H2,1-4H3;14-19,22,25H,4-13H2,1-3H3,(H,27,28)/b18-7+;;/t16-,17-,19-,20?,21?,22+,24?,26-,27-;2*14-,15+,16-,17-,18?,19?,22?,23+,24-/m111/s1. The van der Waals surface area contributed by atoms with E-state index >= 15 is 0 Å². The Morgan fingerprint density at radius 2 is 0.884 bits per heavy atom. The summed E-state index contributed by atoms with van der Waals surface area (Å²) in [4.78, 5) is 75.5. The Morgan fingerprint density at radius 3 is 1.29 bits per heavy atom. The molecule has 12 fully saturated rings. The molecule has 0 aromatic carbocycles. The van der Waals surface area contributed by atoms with Crippen molar-refractivity contribution in [2.75, 3.05) is 14.2 Å². The number of aliphatic hydroxyl groups is 2. The number of ether oxygens (including phenoxy) is 2. The molecule has 12 aliphatic rings. The van der Waals surface area contributed by atoms with E-state index in [1.54, 1.807) is 0 Å². The summed E-state index contributed by atoms with van der Waals surface area (Å²) in [6.07, 6.45) is 28.2. The van der Waals surface area contributed by atoms with Crippen LogP contribution in [0, 0.1) is 145 Å². The van der Waals surface area contributed by atoms with Crippen molar-refractivity contribution in [3.05, 3.63) is 11.6 Å². The Morgan fingerprint density at radius 1 is 0.512 bits per heavy atom. The Bertz CT molecular complexity index is 2570. The lowest BCUT2D eigenvalue weighted by molar-refractivity contribution is -0.161. The summed E-state index contributed by atoms with van der Waals surface area (Å²) in [5.74, 6) is 8.55. The minimum absolute atomic E-state index is 0.0974. The maximum Gasteiger partial charge on any atom is 0.305 e. The molecule has 11 heteroatoms. The van der Waals surface area contributed by atoms with Gasteiger partial charge in [0.05, 0.1) is 26.4 Å². The van der Waals surface area contributed by atoms with Crippen LogP contribution in [-0.4, -0.2) is 77.0 Å². The summed E-state index contributed by atoms with van der Waals surface area (Å²) in [6.45, 7) is 25.7. The highest BCUT2D eigenvalue weighted by Gasteiger charge is 2.67. The van der Waals surface area contributed by atoms with Crippen LogP contribution >= 0.6 is 0 Å². The second kappa shape index (κ2) is 24.9. The largest absolute Gasteiger partial charge is 0.481 e. The highest BCUT2D eigenvalue weighted by Crippen LogP contribution is 2.72. The van der Waals surface area contributed by atoms with Crippen molar-refractivity contribution >= 4 is 35.3 Å². The molecular formula is C75H118O11. The number of Topliss-reactive ketones (excluding diaryl/α,β-unsaturated/α-hetero) is 3. The summed E-state index contributed by atoms with van der Waals surface area (Å²) in [5.41, 5.74) is 2.40. The fourth-order valence-corrected chi connectivity index (χ4v) is 25.7. The van der Waals surface area contributed by atoms with Gasteiger partial charge >= 0.3 is 17.9 Å². The van der Waals surface area contributed by atoms with Crippen molar-refractivity contribution in [1.29, 1.82) is 0 Å². The van der Waals surface area contributed by atoms with Gasteiger partial charge in [-0.1, -0.05) is 81.7 Å². The van der Waals surface area contributed by atoms with Crippen LogP contribution in [0.3, 0.4) is 0 Å². The number of hydrogen-bond acceptors (Lipinski definition) is 10. The molecule has 0 heterocycles. The van der Waals surface area contributed by atoms with Crippen molar-refractivity contribution in [3.63, 3.8) is 0 Å². The number of aliphatic hydroxyl groups excluding tert-OH is 2. The quantitative estimate of drug-likeness (QED) is 0.140. The average Bonchev–Trinajstić information content (AvgIpc) is 1.34. The molecule has 0 saturated heterocycles. The number of fused-ring (bicyclic) bond motifs is 15. The van der Waals surface area contributed by atoms with Crippen LogP contribution in [0.2, 0.25) is 0 Å². The van der Waals surface area contributed by atoms with Crippen LogP contribution in [-0.2, 0) is 38.2 Å². The van der Waals surface area contributed by atoms with Gasteiger partial charge in [-0.25, -0.2) is 0 Å². The normalized spacial score (nSPS) is 48.6. The zero-order valence-corrected chi connectivity index (χ0v) is 55.9. The summed E-state index contributed by atoms with van der Waals surface area (Å²) in [5, 5.41) is 29.4. The predicted octanol–water partition coefficient (Wildman–Crippen LogP) is 15.3. The molecule has 0 amide bonds. The maximum atomic E-state index is 13.9. The number of aliphatic carboxylic acids is 1. The second-order valence-corrected chi connectivity index (χ2v) is 34.0. The summed E-state index contributed by atoms with van der Waals surface area (Å²) < 4.78 is 9.88. The van der Waals surface area contributed by atoms with Crippen molar-refractivity contribution in [3.8, 4) is 0 Å². The van der Waals surface area contributed by atoms with Crippen molar-refractivity contribution in [2.45, 2.75) is 262 Å². The highest BCUT2D eigenvalue weighted by atomic mass is 16.5. The van der Waals surface area contributed by atoms with E-state index in [0.717, 1.165) is 108 Å². The van der Waals surface area contributed by atoms with E-state index in [-0.39, 0.29) is 80.8 Å². The van der Waals surface area contributed by atoms with Crippen LogP contribution in [0.25, 0.3) is 0 Å². The number of rotatable bonds is 10. The molecular weight excluding hydrogens is 1080 g/mol. The summed E-state index contributed by atoms with van der Waals surface area (Å²) in [7, 11) is 2.96. The fraction of sp³-hybridized carbons (Fsp3) is 0.893. The first kappa shape index (κ1) is 66.0. The summed E-state index contributed by atoms with van der Waals surface area (Å²) in [6, 6.07) is 0. The topological polar surface area (TPSA) is 182 Å². The molecule has 12 aliphatic carbocycles. The Hall–Kier alpha value is -2.92. The molecule has 86 heavy (non-hydrogen) atoms. The van der Waals surface area contributed by atoms with Gasteiger partial charge in [0.1, 0.15) is 11.6 Å². The van der Waals surface area contributed by atoms with E-state index in [1.807, 2.05) is 0 Å². The van der Waals surface area contributed by atoms with Gasteiger partial charge < -0.3 is 24.8 Å². The predicted molar refractivity (Wildman–Crippen MR) is 335 cm³/mol. The number of carboxylic acid groups (broad SMARTS) is 1. The monoisotopic (exact) mass is 1190 g/mol. The first-order chi connectivity index (χ1) is 40.5. The SMILES string of the molecule is C/C=C1/C(=O)C2C3CC[C@H]([C@H](C)CC(=O)OC)[C@@]3(C)CCC2[C@@]2(C)CC[C@@H](C)C[C@@H]12.COC(=O)C[C@@H](C)[C@H]1CCC2C3C(=O)C[C@@H]4C[C@H](O)CC[C@]4(C)C3CC[C@@]21C.C[C@H](CCC(=O)O)[C@H]1CCC2C3C(=O)C[C@@H]4C[C@H](O)CC[C@]4(C)C3CC[C@@]21C. The van der Waals surface area contributed by atoms with Crippen LogP contribution in [0.4, 0.5) is 0 Å². The molecule has 11 nitrogen and oxygen atoms in total. The third-order valence-corrected chi connectivity index (χ3v) is 30.4. The van der Waals surface area contributed by atoms with Gasteiger partial charge in [-0.05, 0) is 275 Å². The average molecular weight is 1200 g/mol. The van der Waals surface area contributed by atoms with E-state index in [9.17, 15) is 39.0 Å². The van der Waals surface area contributed by atoms with Gasteiger partial charge in [0, 0.05) is 49.9 Å². The van der Waals surface area contributed by atoms with Crippen LogP contribution in [0.5, 0.6) is 0 Å². The fourth-order valence-electron chi connectivity index (χ4n) is 25.7. The number of esters is 2. The van der Waals surface area contributed by atoms with Gasteiger partial charge in [0.25, 0.3) is 0 Å². The smallest absolute Gasteiger partial charge is 0.305 e. The number of hydrogen-bond donors (Lipinski definition) is 3. The molecule has 0 aromatic rings. The van der Waals surface area contributed by atoms with Gasteiger partial charge in [0.2, 0.25) is 0 Å².